The number of anilines is 1. The van der Waals surface area contributed by atoms with Gasteiger partial charge in [0.1, 0.15) is 5.82 Å². The average molecular weight is 341 g/mol. The molecule has 0 aliphatic heterocycles. The quantitative estimate of drug-likeness (QED) is 0.850. The molecular weight excluding hydrogens is 325 g/mol. The van der Waals surface area contributed by atoms with Crippen molar-refractivity contribution in [2.45, 2.75) is 26.7 Å². The van der Waals surface area contributed by atoms with Crippen LogP contribution >= 0.6 is 22.6 Å². The van der Waals surface area contributed by atoms with Gasteiger partial charge in [0.15, 0.2) is 0 Å². The van der Waals surface area contributed by atoms with E-state index in [0.717, 1.165) is 20.8 Å². The monoisotopic (exact) mass is 341 g/mol. The van der Waals surface area contributed by atoms with E-state index in [1.54, 1.807) is 0 Å². The summed E-state index contributed by atoms with van der Waals surface area (Å²) in [4.78, 5) is 0. The van der Waals surface area contributed by atoms with E-state index in [-0.39, 0.29) is 0 Å². The number of aryl methyl sites for hydroxylation is 1. The van der Waals surface area contributed by atoms with Crippen LogP contribution in [0.4, 0.5) is 5.82 Å². The lowest BCUT2D eigenvalue weighted by atomic mass is 10.1. The highest BCUT2D eigenvalue weighted by atomic mass is 127. The van der Waals surface area contributed by atoms with Crippen LogP contribution in [0.2, 0.25) is 0 Å². The van der Waals surface area contributed by atoms with Gasteiger partial charge < -0.3 is 5.73 Å². The third-order valence-electron chi connectivity index (χ3n) is 2.68. The van der Waals surface area contributed by atoms with Gasteiger partial charge in [0, 0.05) is 0 Å². The molecule has 0 amide bonds. The molecule has 0 unspecified atom stereocenters. The highest BCUT2D eigenvalue weighted by molar-refractivity contribution is 14.1. The minimum Gasteiger partial charge on any atom is -0.383 e. The highest BCUT2D eigenvalue weighted by Crippen LogP contribution is 2.27. The molecule has 0 radical (unpaired) electrons. The summed E-state index contributed by atoms with van der Waals surface area (Å²) < 4.78 is 2.88. The predicted molar refractivity (Wildman–Crippen MR) is 79.5 cm³/mol. The number of halogens is 1. The summed E-state index contributed by atoms with van der Waals surface area (Å²) in [6.07, 6.45) is 0. The van der Waals surface area contributed by atoms with Gasteiger partial charge in [-0.15, -0.1) is 0 Å². The molecule has 1 heterocycles. The SMILES string of the molecule is Cc1cccc(-n2nc(C(C)C)c(I)c2N)c1. The molecule has 1 aromatic heterocycles. The van der Waals surface area contributed by atoms with Crippen LogP contribution in [0.15, 0.2) is 24.3 Å². The number of hydrogen-bond acceptors (Lipinski definition) is 2. The summed E-state index contributed by atoms with van der Waals surface area (Å²) >= 11 is 2.27. The first-order valence-corrected chi connectivity index (χ1v) is 6.69. The first-order chi connectivity index (χ1) is 8.00. The van der Waals surface area contributed by atoms with Crippen LogP contribution in [0.1, 0.15) is 31.0 Å². The van der Waals surface area contributed by atoms with E-state index in [1.807, 2.05) is 16.8 Å². The van der Waals surface area contributed by atoms with Crippen molar-refractivity contribution in [1.82, 2.24) is 9.78 Å². The van der Waals surface area contributed by atoms with Crippen molar-refractivity contribution in [3.63, 3.8) is 0 Å². The normalized spacial score (nSPS) is 11.1. The third-order valence-corrected chi connectivity index (χ3v) is 3.78. The molecule has 17 heavy (non-hydrogen) atoms. The topological polar surface area (TPSA) is 43.8 Å². The van der Waals surface area contributed by atoms with Gasteiger partial charge in [-0.1, -0.05) is 26.0 Å². The van der Waals surface area contributed by atoms with Crippen molar-refractivity contribution in [3.8, 4) is 5.69 Å². The number of aromatic nitrogens is 2. The molecule has 0 saturated heterocycles. The fourth-order valence-corrected chi connectivity index (χ4v) is 2.71. The van der Waals surface area contributed by atoms with Crippen molar-refractivity contribution in [3.05, 3.63) is 39.1 Å². The Bertz CT molecular complexity index is 544. The van der Waals surface area contributed by atoms with Gasteiger partial charge in [-0.05, 0) is 53.1 Å². The predicted octanol–water partition coefficient (Wildman–Crippen LogP) is 3.49. The second-order valence-corrected chi connectivity index (χ2v) is 5.57. The molecule has 0 bridgehead atoms. The Balaban J connectivity index is 2.57. The van der Waals surface area contributed by atoms with Gasteiger partial charge in [0.05, 0.1) is 15.0 Å². The average Bonchev–Trinajstić information content (AvgIpc) is 2.56. The maximum atomic E-state index is 6.12. The number of nitrogen functional groups attached to an aromatic ring is 1. The highest BCUT2D eigenvalue weighted by Gasteiger charge is 2.16. The molecule has 1 aromatic carbocycles. The van der Waals surface area contributed by atoms with Crippen molar-refractivity contribution >= 4 is 28.4 Å². The molecule has 0 aliphatic rings. The van der Waals surface area contributed by atoms with E-state index in [2.05, 4.69) is 60.6 Å². The zero-order valence-corrected chi connectivity index (χ0v) is 12.4. The number of benzene rings is 1. The molecule has 0 saturated carbocycles. The number of rotatable bonds is 2. The molecule has 0 atom stereocenters. The van der Waals surface area contributed by atoms with Crippen LogP contribution in [0.3, 0.4) is 0 Å². The molecule has 90 valence electrons. The van der Waals surface area contributed by atoms with Crippen LogP contribution in [0.25, 0.3) is 5.69 Å². The minimum absolute atomic E-state index is 0.384. The Kier molecular flexibility index (Phi) is 3.42. The van der Waals surface area contributed by atoms with Gasteiger partial charge in [-0.25, -0.2) is 4.68 Å². The molecular formula is C13H16IN3. The summed E-state index contributed by atoms with van der Waals surface area (Å²) in [5.41, 5.74) is 9.40. The molecule has 0 spiro atoms. The molecule has 3 nitrogen and oxygen atoms in total. The summed E-state index contributed by atoms with van der Waals surface area (Å²) in [7, 11) is 0. The summed E-state index contributed by atoms with van der Waals surface area (Å²) in [5.74, 6) is 1.11. The zero-order chi connectivity index (χ0) is 12.6. The Labute approximate surface area is 115 Å². The van der Waals surface area contributed by atoms with Crippen LogP contribution in [-0.2, 0) is 0 Å². The van der Waals surface area contributed by atoms with Crippen LogP contribution < -0.4 is 5.73 Å². The van der Waals surface area contributed by atoms with Gasteiger partial charge in [0.2, 0.25) is 0 Å². The molecule has 2 N–H and O–H groups in total. The van der Waals surface area contributed by atoms with E-state index in [4.69, 9.17) is 5.73 Å². The lowest BCUT2D eigenvalue weighted by molar-refractivity contribution is 0.768. The van der Waals surface area contributed by atoms with Gasteiger partial charge in [-0.3, -0.25) is 0 Å². The molecule has 2 rings (SSSR count). The van der Waals surface area contributed by atoms with Crippen LogP contribution in [0, 0.1) is 10.5 Å². The van der Waals surface area contributed by atoms with Crippen molar-refractivity contribution in [1.29, 1.82) is 0 Å². The van der Waals surface area contributed by atoms with Crippen molar-refractivity contribution in [2.75, 3.05) is 5.73 Å². The fourth-order valence-electron chi connectivity index (χ4n) is 1.76. The van der Waals surface area contributed by atoms with E-state index < -0.39 is 0 Å². The summed E-state index contributed by atoms with van der Waals surface area (Å²) in [6.45, 7) is 6.33. The molecule has 4 heteroatoms. The number of nitrogens with two attached hydrogens (primary N) is 1. The lowest BCUT2D eigenvalue weighted by Crippen LogP contribution is -2.02. The lowest BCUT2D eigenvalue weighted by Gasteiger charge is -2.04. The van der Waals surface area contributed by atoms with Crippen LogP contribution in [0.5, 0.6) is 0 Å². The Morgan fingerprint density at radius 2 is 2.06 bits per heavy atom. The van der Waals surface area contributed by atoms with Crippen molar-refractivity contribution in [2.24, 2.45) is 0 Å². The van der Waals surface area contributed by atoms with Gasteiger partial charge >= 0.3 is 0 Å². The number of hydrogen-bond donors (Lipinski definition) is 1. The maximum absolute atomic E-state index is 6.12. The first-order valence-electron chi connectivity index (χ1n) is 5.61. The molecule has 0 aliphatic carbocycles. The van der Waals surface area contributed by atoms with E-state index in [9.17, 15) is 0 Å². The summed E-state index contributed by atoms with van der Waals surface area (Å²) in [5, 5.41) is 4.60. The second-order valence-electron chi connectivity index (χ2n) is 4.49. The molecule has 2 aromatic rings. The van der Waals surface area contributed by atoms with Gasteiger partial charge in [0.25, 0.3) is 0 Å². The Morgan fingerprint density at radius 3 is 2.59 bits per heavy atom. The largest absolute Gasteiger partial charge is 0.383 e. The third kappa shape index (κ3) is 2.31. The van der Waals surface area contributed by atoms with Crippen LogP contribution in [-0.4, -0.2) is 9.78 Å². The van der Waals surface area contributed by atoms with E-state index in [0.29, 0.717) is 5.92 Å². The van der Waals surface area contributed by atoms with E-state index in [1.165, 1.54) is 5.56 Å². The Morgan fingerprint density at radius 1 is 1.35 bits per heavy atom. The zero-order valence-electron chi connectivity index (χ0n) is 10.2. The number of nitrogens with zero attached hydrogens (tertiary/aromatic N) is 2. The standard InChI is InChI=1S/C13H16IN3/c1-8(2)12-11(14)13(15)17(16-12)10-6-4-5-9(3)7-10/h4-8H,15H2,1-3H3. The minimum atomic E-state index is 0.384. The van der Waals surface area contributed by atoms with Gasteiger partial charge in [-0.2, -0.15) is 5.10 Å². The second kappa shape index (κ2) is 4.68. The summed E-state index contributed by atoms with van der Waals surface area (Å²) in [6, 6.07) is 8.20. The van der Waals surface area contributed by atoms with E-state index >= 15 is 0 Å². The van der Waals surface area contributed by atoms with Crippen molar-refractivity contribution < 1.29 is 0 Å². The maximum Gasteiger partial charge on any atom is 0.141 e. The Hall–Kier alpha value is -1.04. The first kappa shape index (κ1) is 12.4. The smallest absolute Gasteiger partial charge is 0.141 e. The molecule has 0 fully saturated rings. The fraction of sp³-hybridized carbons (Fsp3) is 0.308.